The summed E-state index contributed by atoms with van der Waals surface area (Å²) < 4.78 is 18.8. The van der Waals surface area contributed by atoms with E-state index in [4.69, 9.17) is 4.74 Å². The molecule has 30 heavy (non-hydrogen) atoms. The highest BCUT2D eigenvalue weighted by molar-refractivity contribution is 7.15. The second-order valence-electron chi connectivity index (χ2n) is 6.82. The number of carboxylic acid groups (broad SMARTS) is 1. The molecule has 1 unspecified atom stereocenters. The van der Waals surface area contributed by atoms with Crippen molar-refractivity contribution < 1.29 is 28.9 Å². The van der Waals surface area contributed by atoms with Gasteiger partial charge < -0.3 is 20.3 Å². The van der Waals surface area contributed by atoms with Gasteiger partial charge in [-0.1, -0.05) is 18.2 Å². The molecule has 2 heterocycles. The van der Waals surface area contributed by atoms with Crippen molar-refractivity contribution in [3.8, 4) is 22.6 Å². The number of hydrogen-bond donors (Lipinski definition) is 3. The van der Waals surface area contributed by atoms with Crippen LogP contribution >= 0.6 is 11.3 Å². The number of amides is 1. The van der Waals surface area contributed by atoms with Crippen LogP contribution in [0.2, 0.25) is 0 Å². The zero-order valence-corrected chi connectivity index (χ0v) is 16.8. The summed E-state index contributed by atoms with van der Waals surface area (Å²) in [7, 11) is 0. The van der Waals surface area contributed by atoms with Crippen molar-refractivity contribution in [2.45, 2.75) is 19.3 Å². The van der Waals surface area contributed by atoms with Crippen LogP contribution in [0.15, 0.2) is 42.5 Å². The Morgan fingerprint density at radius 3 is 2.67 bits per heavy atom. The molecule has 1 aliphatic heterocycles. The summed E-state index contributed by atoms with van der Waals surface area (Å²) in [5, 5.41) is 22.6. The van der Waals surface area contributed by atoms with Gasteiger partial charge in [0.25, 0.3) is 0 Å². The molecule has 0 radical (unpaired) electrons. The molecule has 1 amide bonds. The average Bonchev–Trinajstić information content (AvgIpc) is 3.09. The summed E-state index contributed by atoms with van der Waals surface area (Å²) in [4.78, 5) is 25.2. The third-order valence-corrected chi connectivity index (χ3v) is 6.21. The maximum absolute atomic E-state index is 13.4. The largest absolute Gasteiger partial charge is 0.504 e. The molecule has 3 aromatic rings. The molecular weight excluding hydrogens is 409 g/mol. The number of thiophene rings is 1. The molecule has 0 spiro atoms. The monoisotopic (exact) mass is 427 g/mol. The number of benzene rings is 2. The van der Waals surface area contributed by atoms with Crippen molar-refractivity contribution in [1.82, 2.24) is 0 Å². The number of halogens is 1. The summed E-state index contributed by atoms with van der Waals surface area (Å²) in [6.45, 7) is 2.16. The maximum Gasteiger partial charge on any atom is 0.346 e. The normalized spacial score (nSPS) is 15.4. The summed E-state index contributed by atoms with van der Waals surface area (Å²) in [5.74, 6) is -1.92. The number of carbonyl (C=O) groups excluding carboxylic acids is 1. The number of anilines is 1. The van der Waals surface area contributed by atoms with Crippen LogP contribution in [0.1, 0.15) is 39.4 Å². The van der Waals surface area contributed by atoms with Crippen LogP contribution < -0.4 is 10.1 Å². The fraction of sp³-hybridized carbons (Fsp3) is 0.182. The summed E-state index contributed by atoms with van der Waals surface area (Å²) in [6, 6.07) is 10.4. The topological polar surface area (TPSA) is 95.9 Å². The molecule has 6 nitrogen and oxygen atoms in total. The molecule has 2 aromatic carbocycles. The molecular formula is C22H18FNO5S. The van der Waals surface area contributed by atoms with E-state index >= 15 is 0 Å². The van der Waals surface area contributed by atoms with E-state index in [1.807, 2.05) is 0 Å². The molecule has 0 bridgehead atoms. The number of carboxylic acids is 1. The fourth-order valence-corrected chi connectivity index (χ4v) is 4.86. The fourth-order valence-electron chi connectivity index (χ4n) is 3.62. The molecule has 154 valence electrons. The lowest BCUT2D eigenvalue weighted by Gasteiger charge is -2.24. The Labute approximate surface area is 175 Å². The first-order chi connectivity index (χ1) is 14.4. The van der Waals surface area contributed by atoms with Gasteiger partial charge in [-0.3, -0.25) is 4.79 Å². The van der Waals surface area contributed by atoms with Crippen LogP contribution in [-0.2, 0) is 4.79 Å². The maximum atomic E-state index is 13.4. The van der Waals surface area contributed by atoms with E-state index in [1.165, 1.54) is 30.3 Å². The molecule has 8 heteroatoms. The van der Waals surface area contributed by atoms with Gasteiger partial charge in [-0.15, -0.1) is 11.3 Å². The summed E-state index contributed by atoms with van der Waals surface area (Å²) in [5.41, 5.74) is 2.03. The Balaban J connectivity index is 1.89. The molecule has 1 atom stereocenters. The molecule has 0 aliphatic carbocycles. The Bertz CT molecular complexity index is 1140. The van der Waals surface area contributed by atoms with Crippen LogP contribution in [-0.4, -0.2) is 28.7 Å². The highest BCUT2D eigenvalue weighted by atomic mass is 32.1. The summed E-state index contributed by atoms with van der Waals surface area (Å²) >= 11 is 1.09. The second-order valence-corrected chi connectivity index (χ2v) is 7.87. The number of ether oxygens (including phenoxy) is 1. The number of aromatic hydroxyl groups is 1. The predicted molar refractivity (Wildman–Crippen MR) is 111 cm³/mol. The Morgan fingerprint density at radius 1 is 1.27 bits per heavy atom. The van der Waals surface area contributed by atoms with Gasteiger partial charge in [0.1, 0.15) is 10.7 Å². The number of phenolic OH excluding ortho intramolecular Hbond substituents is 1. The van der Waals surface area contributed by atoms with Crippen LogP contribution in [0, 0.1) is 5.82 Å². The number of phenols is 1. The predicted octanol–water partition coefficient (Wildman–Crippen LogP) is 4.83. The molecule has 0 fully saturated rings. The van der Waals surface area contributed by atoms with Gasteiger partial charge in [-0.2, -0.15) is 0 Å². The molecule has 3 N–H and O–H groups in total. The zero-order valence-electron chi connectivity index (χ0n) is 15.9. The van der Waals surface area contributed by atoms with Gasteiger partial charge in [-0.05, 0) is 42.3 Å². The van der Waals surface area contributed by atoms with E-state index < -0.39 is 17.7 Å². The number of fused-ring (bicyclic) bond motifs is 1. The van der Waals surface area contributed by atoms with E-state index in [0.29, 0.717) is 34.0 Å². The van der Waals surface area contributed by atoms with Crippen LogP contribution in [0.4, 0.5) is 10.1 Å². The highest BCUT2D eigenvalue weighted by Gasteiger charge is 2.34. The SMILES string of the molecule is CCOc1cc(C2CC(=O)Nc3c2sc(C(=O)O)c3-c2ccc(F)cc2)ccc1O. The van der Waals surface area contributed by atoms with E-state index in [9.17, 15) is 24.2 Å². The molecule has 0 saturated carbocycles. The Morgan fingerprint density at radius 2 is 2.00 bits per heavy atom. The van der Waals surface area contributed by atoms with Crippen molar-refractivity contribution in [3.05, 3.63) is 63.6 Å². The van der Waals surface area contributed by atoms with E-state index in [1.54, 1.807) is 19.1 Å². The molecule has 1 aromatic heterocycles. The van der Waals surface area contributed by atoms with E-state index in [0.717, 1.165) is 16.9 Å². The van der Waals surface area contributed by atoms with E-state index in [-0.39, 0.29) is 23.0 Å². The third kappa shape index (κ3) is 3.50. The van der Waals surface area contributed by atoms with Crippen LogP contribution in [0.25, 0.3) is 11.1 Å². The van der Waals surface area contributed by atoms with Crippen LogP contribution in [0.3, 0.4) is 0 Å². The number of carbonyl (C=O) groups is 2. The highest BCUT2D eigenvalue weighted by Crippen LogP contribution is 2.50. The minimum Gasteiger partial charge on any atom is -0.504 e. The first-order valence-electron chi connectivity index (χ1n) is 9.30. The standard InChI is InChI=1S/C22H18FNO5S/c1-2-29-16-9-12(5-8-15(16)25)14-10-17(26)24-19-18(11-3-6-13(23)7-4-11)21(22(27)28)30-20(14)19/h3-9,14,25H,2,10H2,1H3,(H,24,26)(H,27,28). The smallest absolute Gasteiger partial charge is 0.346 e. The molecule has 0 saturated heterocycles. The summed E-state index contributed by atoms with van der Waals surface area (Å²) in [6.07, 6.45) is 0.131. The van der Waals surface area contributed by atoms with Crippen molar-refractivity contribution in [1.29, 1.82) is 0 Å². The van der Waals surface area contributed by atoms with Crippen LogP contribution in [0.5, 0.6) is 11.5 Å². The first kappa shape index (κ1) is 19.9. The Hall–Kier alpha value is -3.39. The minimum atomic E-state index is -1.12. The van der Waals surface area contributed by atoms with Gasteiger partial charge in [0.15, 0.2) is 11.5 Å². The first-order valence-corrected chi connectivity index (χ1v) is 10.1. The number of rotatable bonds is 5. The van der Waals surface area contributed by atoms with Gasteiger partial charge in [0.2, 0.25) is 5.91 Å². The minimum absolute atomic E-state index is 0.00881. The third-order valence-electron chi connectivity index (χ3n) is 4.92. The number of hydrogen-bond acceptors (Lipinski definition) is 5. The van der Waals surface area contributed by atoms with Crippen molar-refractivity contribution in [2.75, 3.05) is 11.9 Å². The zero-order chi connectivity index (χ0) is 21.4. The van der Waals surface area contributed by atoms with Gasteiger partial charge in [0, 0.05) is 22.8 Å². The quantitative estimate of drug-likeness (QED) is 0.542. The lowest BCUT2D eigenvalue weighted by molar-refractivity contribution is -0.116. The van der Waals surface area contributed by atoms with Gasteiger partial charge >= 0.3 is 5.97 Å². The second kappa shape index (κ2) is 7.79. The van der Waals surface area contributed by atoms with Gasteiger partial charge in [-0.25, -0.2) is 9.18 Å². The Kier molecular flexibility index (Phi) is 5.17. The van der Waals surface area contributed by atoms with Crippen molar-refractivity contribution in [3.63, 3.8) is 0 Å². The van der Waals surface area contributed by atoms with E-state index in [2.05, 4.69) is 5.32 Å². The average molecular weight is 427 g/mol. The van der Waals surface area contributed by atoms with Gasteiger partial charge in [0.05, 0.1) is 12.3 Å². The lowest BCUT2D eigenvalue weighted by Crippen LogP contribution is -2.22. The number of aromatic carboxylic acids is 1. The molecule has 4 rings (SSSR count). The van der Waals surface area contributed by atoms with Crippen molar-refractivity contribution in [2.24, 2.45) is 0 Å². The molecule has 1 aliphatic rings. The number of nitrogens with one attached hydrogen (secondary N) is 1. The van der Waals surface area contributed by atoms with Crippen molar-refractivity contribution >= 4 is 28.9 Å². The lowest BCUT2D eigenvalue weighted by atomic mass is 9.88.